The molecule has 0 aliphatic heterocycles. The van der Waals surface area contributed by atoms with E-state index in [9.17, 15) is 4.79 Å². The van der Waals surface area contributed by atoms with Crippen molar-refractivity contribution < 1.29 is 4.79 Å². The number of aromatic nitrogens is 1. The van der Waals surface area contributed by atoms with Crippen LogP contribution in [0.1, 0.15) is 10.5 Å². The van der Waals surface area contributed by atoms with Crippen LogP contribution in [0, 0.1) is 0 Å². The summed E-state index contributed by atoms with van der Waals surface area (Å²) in [4.78, 5) is 15.1. The predicted molar refractivity (Wildman–Crippen MR) is 64.9 cm³/mol. The summed E-state index contributed by atoms with van der Waals surface area (Å²) in [7, 11) is 0. The average Bonchev–Trinajstić information content (AvgIpc) is 2.30. The average molecular weight is 252 g/mol. The molecule has 80 valence electrons. The zero-order chi connectivity index (χ0) is 11.5. The minimum atomic E-state index is -0.589. The van der Waals surface area contributed by atoms with E-state index in [0.29, 0.717) is 10.7 Å². The second-order valence-corrected chi connectivity index (χ2v) is 3.92. The SMILES string of the molecule is O=C(Cl)c1ccc(Cl)c(-c2ccccc2)n1. The predicted octanol–water partition coefficient (Wildman–Crippen LogP) is 3.78. The number of rotatable bonds is 2. The summed E-state index contributed by atoms with van der Waals surface area (Å²) in [6.07, 6.45) is 0. The first-order valence-electron chi connectivity index (χ1n) is 4.60. The van der Waals surface area contributed by atoms with Crippen LogP contribution < -0.4 is 0 Å². The van der Waals surface area contributed by atoms with Crippen molar-refractivity contribution >= 4 is 28.4 Å². The molecular formula is C12H7Cl2NO. The monoisotopic (exact) mass is 251 g/mol. The Morgan fingerprint density at radius 1 is 1.06 bits per heavy atom. The van der Waals surface area contributed by atoms with Crippen molar-refractivity contribution in [2.24, 2.45) is 0 Å². The number of halogens is 2. The largest absolute Gasteiger partial charge is 0.274 e. The third kappa shape index (κ3) is 2.23. The van der Waals surface area contributed by atoms with Crippen LogP contribution in [0.2, 0.25) is 5.02 Å². The zero-order valence-corrected chi connectivity index (χ0v) is 9.66. The molecule has 0 radical (unpaired) electrons. The molecule has 1 aromatic heterocycles. The van der Waals surface area contributed by atoms with Gasteiger partial charge in [-0.05, 0) is 23.7 Å². The highest BCUT2D eigenvalue weighted by Gasteiger charge is 2.09. The van der Waals surface area contributed by atoms with Gasteiger partial charge in [0.15, 0.2) is 0 Å². The molecule has 0 spiro atoms. The van der Waals surface area contributed by atoms with Gasteiger partial charge < -0.3 is 0 Å². The highest BCUT2D eigenvalue weighted by Crippen LogP contribution is 2.26. The number of pyridine rings is 1. The van der Waals surface area contributed by atoms with Crippen molar-refractivity contribution in [1.82, 2.24) is 4.98 Å². The van der Waals surface area contributed by atoms with Crippen molar-refractivity contribution in [3.8, 4) is 11.3 Å². The molecule has 16 heavy (non-hydrogen) atoms. The van der Waals surface area contributed by atoms with Gasteiger partial charge in [-0.1, -0.05) is 41.9 Å². The Bertz CT molecular complexity index is 526. The molecule has 1 heterocycles. The topological polar surface area (TPSA) is 30.0 Å². The van der Waals surface area contributed by atoms with Crippen LogP contribution >= 0.6 is 23.2 Å². The number of carbonyl (C=O) groups is 1. The summed E-state index contributed by atoms with van der Waals surface area (Å²) in [6, 6.07) is 12.5. The highest BCUT2D eigenvalue weighted by atomic mass is 35.5. The molecule has 0 fully saturated rings. The van der Waals surface area contributed by atoms with E-state index in [0.717, 1.165) is 5.56 Å². The third-order valence-corrected chi connectivity index (χ3v) is 2.59. The second-order valence-electron chi connectivity index (χ2n) is 3.17. The van der Waals surface area contributed by atoms with E-state index in [1.54, 1.807) is 6.07 Å². The van der Waals surface area contributed by atoms with E-state index in [-0.39, 0.29) is 5.69 Å². The number of hydrogen-bond acceptors (Lipinski definition) is 2. The van der Waals surface area contributed by atoms with E-state index in [4.69, 9.17) is 23.2 Å². The van der Waals surface area contributed by atoms with E-state index >= 15 is 0 Å². The fourth-order valence-corrected chi connectivity index (χ4v) is 1.67. The fourth-order valence-electron chi connectivity index (χ4n) is 1.35. The number of hydrogen-bond donors (Lipinski definition) is 0. The first-order chi connectivity index (χ1) is 7.68. The molecule has 1 aromatic carbocycles. The van der Waals surface area contributed by atoms with Gasteiger partial charge in [0, 0.05) is 5.56 Å². The van der Waals surface area contributed by atoms with Crippen molar-refractivity contribution in [3.63, 3.8) is 0 Å². The Morgan fingerprint density at radius 2 is 1.75 bits per heavy atom. The van der Waals surface area contributed by atoms with Gasteiger partial charge in [-0.25, -0.2) is 4.98 Å². The minimum absolute atomic E-state index is 0.199. The molecule has 2 rings (SSSR count). The van der Waals surface area contributed by atoms with Crippen LogP contribution in [-0.2, 0) is 0 Å². The van der Waals surface area contributed by atoms with Crippen LogP contribution in [0.5, 0.6) is 0 Å². The van der Waals surface area contributed by atoms with E-state index in [2.05, 4.69) is 4.98 Å². The minimum Gasteiger partial charge on any atom is -0.274 e. The Kier molecular flexibility index (Phi) is 3.22. The summed E-state index contributed by atoms with van der Waals surface area (Å²) in [5, 5.41) is -0.0956. The van der Waals surface area contributed by atoms with Gasteiger partial charge in [0.25, 0.3) is 5.24 Å². The molecule has 2 nitrogen and oxygen atoms in total. The van der Waals surface area contributed by atoms with Crippen molar-refractivity contribution in [1.29, 1.82) is 0 Å². The number of carbonyl (C=O) groups excluding carboxylic acids is 1. The summed E-state index contributed by atoms with van der Waals surface area (Å²) in [6.45, 7) is 0. The molecule has 0 aliphatic carbocycles. The normalized spacial score (nSPS) is 10.1. The zero-order valence-electron chi connectivity index (χ0n) is 8.15. The van der Waals surface area contributed by atoms with Crippen LogP contribution in [0.3, 0.4) is 0 Å². The molecule has 0 amide bonds. The van der Waals surface area contributed by atoms with Crippen LogP contribution in [-0.4, -0.2) is 10.2 Å². The number of nitrogens with zero attached hydrogens (tertiary/aromatic N) is 1. The molecule has 0 aliphatic rings. The van der Waals surface area contributed by atoms with Gasteiger partial charge in [0.1, 0.15) is 5.69 Å². The summed E-state index contributed by atoms with van der Waals surface area (Å²) < 4.78 is 0. The quantitative estimate of drug-likeness (QED) is 0.761. The van der Waals surface area contributed by atoms with Crippen molar-refractivity contribution in [3.05, 3.63) is 53.2 Å². The summed E-state index contributed by atoms with van der Waals surface area (Å²) in [5.41, 5.74) is 1.62. The molecular weight excluding hydrogens is 245 g/mol. The van der Waals surface area contributed by atoms with E-state index in [1.165, 1.54) is 6.07 Å². The smallest absolute Gasteiger partial charge is 0.270 e. The Balaban J connectivity index is 2.56. The fraction of sp³-hybridized carbons (Fsp3) is 0. The maximum atomic E-state index is 11.0. The van der Waals surface area contributed by atoms with E-state index in [1.807, 2.05) is 30.3 Å². The van der Waals surface area contributed by atoms with Crippen molar-refractivity contribution in [2.45, 2.75) is 0 Å². The van der Waals surface area contributed by atoms with Gasteiger partial charge in [0.2, 0.25) is 0 Å². The van der Waals surface area contributed by atoms with Gasteiger partial charge in [-0.2, -0.15) is 0 Å². The summed E-state index contributed by atoms with van der Waals surface area (Å²) >= 11 is 11.4. The Morgan fingerprint density at radius 3 is 2.38 bits per heavy atom. The molecule has 0 bridgehead atoms. The molecule has 0 saturated heterocycles. The van der Waals surface area contributed by atoms with Gasteiger partial charge in [-0.3, -0.25) is 4.79 Å². The van der Waals surface area contributed by atoms with Crippen LogP contribution in [0.25, 0.3) is 11.3 Å². The standard InChI is InChI=1S/C12H7Cl2NO/c13-9-6-7-10(12(14)16)15-11(9)8-4-2-1-3-5-8/h1-7H. The molecule has 2 aromatic rings. The lowest BCUT2D eigenvalue weighted by Gasteiger charge is -2.04. The van der Waals surface area contributed by atoms with Crippen molar-refractivity contribution in [2.75, 3.05) is 0 Å². The maximum absolute atomic E-state index is 11.0. The first-order valence-corrected chi connectivity index (χ1v) is 5.36. The third-order valence-electron chi connectivity index (χ3n) is 2.09. The molecule has 4 heteroatoms. The molecule has 0 unspecified atom stereocenters. The lowest BCUT2D eigenvalue weighted by atomic mass is 10.1. The van der Waals surface area contributed by atoms with Gasteiger partial charge in [-0.15, -0.1) is 0 Å². The van der Waals surface area contributed by atoms with Gasteiger partial charge >= 0.3 is 0 Å². The van der Waals surface area contributed by atoms with Gasteiger partial charge in [0.05, 0.1) is 10.7 Å². The second kappa shape index (κ2) is 4.64. The Hall–Kier alpha value is -1.38. The maximum Gasteiger partial charge on any atom is 0.270 e. The van der Waals surface area contributed by atoms with E-state index < -0.39 is 5.24 Å². The lowest BCUT2D eigenvalue weighted by Crippen LogP contribution is -1.96. The molecule has 0 atom stereocenters. The molecule has 0 saturated carbocycles. The molecule has 0 N–H and O–H groups in total. The lowest BCUT2D eigenvalue weighted by molar-refractivity contribution is 0.107. The van der Waals surface area contributed by atoms with Crippen LogP contribution in [0.15, 0.2) is 42.5 Å². The van der Waals surface area contributed by atoms with Crippen LogP contribution in [0.4, 0.5) is 0 Å². The highest BCUT2D eigenvalue weighted by molar-refractivity contribution is 6.67. The summed E-state index contributed by atoms with van der Waals surface area (Å²) in [5.74, 6) is 0. The number of benzene rings is 1. The Labute approximate surface area is 103 Å². The first kappa shape index (κ1) is 11.1.